The van der Waals surface area contributed by atoms with E-state index in [4.69, 9.17) is 0 Å². The lowest BCUT2D eigenvalue weighted by Gasteiger charge is -2.08. The molecule has 172 valence electrons. The Balaban J connectivity index is 1.58. The topological polar surface area (TPSA) is 86.3 Å². The molecule has 0 spiro atoms. The average Bonchev–Trinajstić information content (AvgIpc) is 3.39. The van der Waals surface area contributed by atoms with Gasteiger partial charge in [-0.05, 0) is 6.07 Å². The molecule has 0 atom stereocenters. The van der Waals surface area contributed by atoms with Crippen molar-refractivity contribution in [1.29, 1.82) is 0 Å². The van der Waals surface area contributed by atoms with Gasteiger partial charge < -0.3 is 10.1 Å². The molecule has 33 heavy (non-hydrogen) atoms. The molecule has 3 aromatic heterocycles. The van der Waals surface area contributed by atoms with Crippen molar-refractivity contribution in [1.82, 2.24) is 24.4 Å². The number of hydrogen-bond donors (Lipinski definition) is 1. The molecular formula is C20H15F5N6O2. The molecule has 0 saturated carbocycles. The minimum absolute atomic E-state index is 0.0734. The highest BCUT2D eigenvalue weighted by molar-refractivity contribution is 6.08. The number of benzene rings is 1. The highest BCUT2D eigenvalue weighted by Crippen LogP contribution is 2.27. The molecule has 4 rings (SSSR count). The molecule has 13 heteroatoms. The Bertz CT molecular complexity index is 1270. The number of nitrogens with zero attached hydrogens (tertiary/aromatic N) is 5. The Morgan fingerprint density at radius 3 is 2.58 bits per heavy atom. The van der Waals surface area contributed by atoms with Crippen LogP contribution < -0.4 is 5.32 Å². The Morgan fingerprint density at radius 2 is 1.88 bits per heavy atom. The molecular weight excluding hydrogens is 451 g/mol. The predicted octanol–water partition coefficient (Wildman–Crippen LogP) is 4.32. The zero-order valence-corrected chi connectivity index (χ0v) is 16.6. The molecule has 0 radical (unpaired) electrons. The number of carbonyl (C=O) groups is 1. The van der Waals surface area contributed by atoms with Gasteiger partial charge in [-0.15, -0.1) is 0 Å². The third-order valence-electron chi connectivity index (χ3n) is 4.42. The van der Waals surface area contributed by atoms with E-state index in [1.54, 1.807) is 30.3 Å². The van der Waals surface area contributed by atoms with Gasteiger partial charge in [-0.3, -0.25) is 4.79 Å². The first-order valence-electron chi connectivity index (χ1n) is 9.42. The van der Waals surface area contributed by atoms with Crippen LogP contribution in [0.4, 0.5) is 27.6 Å². The van der Waals surface area contributed by atoms with Crippen molar-refractivity contribution in [2.24, 2.45) is 0 Å². The zero-order valence-electron chi connectivity index (χ0n) is 16.6. The summed E-state index contributed by atoms with van der Waals surface area (Å²) in [6, 6.07) is 9.81. The van der Waals surface area contributed by atoms with E-state index in [2.05, 4.69) is 25.2 Å². The van der Waals surface area contributed by atoms with Crippen molar-refractivity contribution in [2.45, 2.75) is 19.3 Å². The Labute approximate surface area is 182 Å². The van der Waals surface area contributed by atoms with Gasteiger partial charge in [0.1, 0.15) is 24.6 Å². The van der Waals surface area contributed by atoms with Crippen LogP contribution in [0.25, 0.3) is 16.9 Å². The summed E-state index contributed by atoms with van der Waals surface area (Å²) in [7, 11) is 0. The van der Waals surface area contributed by atoms with Crippen molar-refractivity contribution in [3.8, 4) is 11.3 Å². The van der Waals surface area contributed by atoms with Crippen molar-refractivity contribution in [2.75, 3.05) is 11.9 Å². The van der Waals surface area contributed by atoms with Crippen LogP contribution in [-0.2, 0) is 11.5 Å². The fraction of sp³-hybridized carbons (Fsp3) is 0.200. The molecule has 4 aromatic rings. The fourth-order valence-corrected chi connectivity index (χ4v) is 3.01. The summed E-state index contributed by atoms with van der Waals surface area (Å²) < 4.78 is 70.2. The molecule has 0 bridgehead atoms. The lowest BCUT2D eigenvalue weighted by Crippen LogP contribution is -2.18. The molecule has 0 aliphatic rings. The maximum Gasteiger partial charge on any atom is 0.411 e. The number of fused-ring (bicyclic) bond motifs is 1. The monoisotopic (exact) mass is 466 g/mol. The van der Waals surface area contributed by atoms with Gasteiger partial charge in [0.25, 0.3) is 12.3 Å². The van der Waals surface area contributed by atoms with E-state index < -0.39 is 37.5 Å². The number of hydrogen-bond acceptors (Lipinski definition) is 5. The van der Waals surface area contributed by atoms with Crippen molar-refractivity contribution >= 4 is 17.2 Å². The molecule has 0 saturated heterocycles. The third kappa shape index (κ3) is 5.14. The van der Waals surface area contributed by atoms with Gasteiger partial charge >= 0.3 is 6.18 Å². The van der Waals surface area contributed by atoms with Crippen LogP contribution in [0.1, 0.15) is 22.5 Å². The highest BCUT2D eigenvalue weighted by atomic mass is 19.4. The Hall–Kier alpha value is -3.87. The SMILES string of the molecule is O=C(Nc1cnn(COCC(F)(F)F)c1)c1cnn2c(C(F)F)cc(-c3ccccc3)nc12. The van der Waals surface area contributed by atoms with E-state index in [1.807, 2.05) is 0 Å². The quantitative estimate of drug-likeness (QED) is 0.410. The van der Waals surface area contributed by atoms with Crippen molar-refractivity contribution in [3.05, 3.63) is 66.2 Å². The first-order chi connectivity index (χ1) is 15.7. The second kappa shape index (κ2) is 8.94. The number of nitrogens with one attached hydrogen (secondary N) is 1. The molecule has 0 unspecified atom stereocenters. The van der Waals surface area contributed by atoms with E-state index in [0.29, 0.717) is 5.56 Å². The normalized spacial score (nSPS) is 11.9. The lowest BCUT2D eigenvalue weighted by atomic mass is 10.1. The summed E-state index contributed by atoms with van der Waals surface area (Å²) in [4.78, 5) is 17.1. The van der Waals surface area contributed by atoms with Gasteiger partial charge in [-0.2, -0.15) is 23.4 Å². The predicted molar refractivity (Wildman–Crippen MR) is 106 cm³/mol. The summed E-state index contributed by atoms with van der Waals surface area (Å²) in [5.74, 6) is -0.710. The minimum Gasteiger partial charge on any atom is -0.350 e. The fourth-order valence-electron chi connectivity index (χ4n) is 3.01. The van der Waals surface area contributed by atoms with Gasteiger partial charge in [0.2, 0.25) is 0 Å². The molecule has 0 aliphatic carbocycles. The van der Waals surface area contributed by atoms with Crippen LogP contribution in [-0.4, -0.2) is 43.1 Å². The summed E-state index contributed by atoms with van der Waals surface area (Å²) >= 11 is 0. The van der Waals surface area contributed by atoms with Crippen LogP contribution in [0.5, 0.6) is 0 Å². The summed E-state index contributed by atoms with van der Waals surface area (Å²) in [6.45, 7) is -1.93. The van der Waals surface area contributed by atoms with E-state index in [-0.39, 0.29) is 22.6 Å². The first kappa shape index (κ1) is 22.3. The van der Waals surface area contributed by atoms with Crippen LogP contribution in [0, 0.1) is 0 Å². The van der Waals surface area contributed by atoms with Crippen LogP contribution in [0.3, 0.4) is 0 Å². The van der Waals surface area contributed by atoms with Crippen molar-refractivity contribution in [3.63, 3.8) is 0 Å². The first-order valence-corrected chi connectivity index (χ1v) is 9.42. The van der Waals surface area contributed by atoms with E-state index in [9.17, 15) is 26.7 Å². The summed E-state index contributed by atoms with van der Waals surface area (Å²) in [5.41, 5.74) is 0.383. The Kier molecular flexibility index (Phi) is 6.05. The third-order valence-corrected chi connectivity index (χ3v) is 4.42. The lowest BCUT2D eigenvalue weighted by molar-refractivity contribution is -0.182. The van der Waals surface area contributed by atoms with Crippen LogP contribution in [0.15, 0.2) is 55.0 Å². The van der Waals surface area contributed by atoms with E-state index in [1.165, 1.54) is 18.5 Å². The number of carbonyl (C=O) groups excluding carboxylic acids is 1. The van der Waals surface area contributed by atoms with Gasteiger partial charge in [0.15, 0.2) is 5.65 Å². The minimum atomic E-state index is -4.48. The summed E-state index contributed by atoms with van der Waals surface area (Å²) in [5, 5.41) is 10.2. The molecule has 8 nitrogen and oxygen atoms in total. The molecule has 1 N–H and O–H groups in total. The number of anilines is 1. The van der Waals surface area contributed by atoms with Gasteiger partial charge in [-0.25, -0.2) is 23.0 Å². The largest absolute Gasteiger partial charge is 0.411 e. The molecule has 0 aliphatic heterocycles. The number of ether oxygens (including phenoxy) is 1. The maximum atomic E-state index is 13.6. The van der Waals surface area contributed by atoms with E-state index >= 15 is 0 Å². The zero-order chi connectivity index (χ0) is 23.6. The van der Waals surface area contributed by atoms with Gasteiger partial charge in [0.05, 0.1) is 30.0 Å². The average molecular weight is 466 g/mol. The van der Waals surface area contributed by atoms with Crippen LogP contribution in [0.2, 0.25) is 0 Å². The molecule has 1 aromatic carbocycles. The number of aromatic nitrogens is 5. The summed E-state index contributed by atoms with van der Waals surface area (Å²) in [6.07, 6.45) is -3.78. The number of rotatable bonds is 7. The highest BCUT2D eigenvalue weighted by Gasteiger charge is 2.27. The number of halogens is 5. The second-order valence-corrected chi connectivity index (χ2v) is 6.84. The second-order valence-electron chi connectivity index (χ2n) is 6.84. The van der Waals surface area contributed by atoms with Gasteiger partial charge in [0, 0.05) is 5.56 Å². The van der Waals surface area contributed by atoms with Gasteiger partial charge in [-0.1, -0.05) is 30.3 Å². The number of amides is 1. The molecule has 0 fully saturated rings. The smallest absolute Gasteiger partial charge is 0.350 e. The molecule has 1 amide bonds. The number of alkyl halides is 5. The van der Waals surface area contributed by atoms with E-state index in [0.717, 1.165) is 15.4 Å². The maximum absolute atomic E-state index is 13.6. The Morgan fingerprint density at radius 1 is 1.12 bits per heavy atom. The standard InChI is InChI=1S/C20H15F5N6O2/c21-17(22)16-6-15(12-4-2-1-3-5-12)29-18-14(8-27-31(16)18)19(32)28-13-7-26-30(9-13)11-33-10-20(23,24)25/h1-9,17H,10-11H2,(H,28,32). The van der Waals surface area contributed by atoms with Crippen molar-refractivity contribution < 1.29 is 31.5 Å². The van der Waals surface area contributed by atoms with Crippen LogP contribution >= 0.6 is 0 Å². The molecule has 3 heterocycles.